The van der Waals surface area contributed by atoms with Crippen molar-refractivity contribution in [3.05, 3.63) is 45.6 Å². The van der Waals surface area contributed by atoms with E-state index in [4.69, 9.17) is 4.98 Å². The first-order chi connectivity index (χ1) is 9.66. The second kappa shape index (κ2) is 5.19. The van der Waals surface area contributed by atoms with E-state index >= 15 is 0 Å². The monoisotopic (exact) mass is 269 g/mol. The molecule has 0 amide bonds. The average Bonchev–Trinajstić information content (AvgIpc) is 2.96. The topological polar surface area (TPSA) is 58.6 Å². The van der Waals surface area contributed by atoms with Gasteiger partial charge in [0.1, 0.15) is 5.82 Å². The van der Waals surface area contributed by atoms with E-state index in [9.17, 15) is 4.79 Å². The summed E-state index contributed by atoms with van der Waals surface area (Å²) in [4.78, 5) is 23.9. The lowest BCUT2D eigenvalue weighted by Gasteiger charge is -2.13. The van der Waals surface area contributed by atoms with Crippen LogP contribution in [0.25, 0.3) is 11.4 Å². The van der Waals surface area contributed by atoms with Crippen molar-refractivity contribution in [3.63, 3.8) is 0 Å². The average molecular weight is 269 g/mol. The lowest BCUT2D eigenvalue weighted by molar-refractivity contribution is 0.685. The van der Waals surface area contributed by atoms with Crippen molar-refractivity contribution in [1.82, 2.24) is 15.0 Å². The number of aromatic nitrogens is 3. The Morgan fingerprint density at radius 1 is 1.25 bits per heavy atom. The summed E-state index contributed by atoms with van der Waals surface area (Å²) < 4.78 is 0. The minimum atomic E-state index is -0.0203. The molecule has 0 radical (unpaired) electrons. The molecule has 3 rings (SSSR count). The summed E-state index contributed by atoms with van der Waals surface area (Å²) >= 11 is 0. The number of H-pyrrole nitrogens is 1. The lowest BCUT2D eigenvalue weighted by Crippen LogP contribution is -2.17. The van der Waals surface area contributed by atoms with Gasteiger partial charge in [0.2, 0.25) is 0 Å². The predicted octanol–water partition coefficient (Wildman–Crippen LogP) is 3.11. The summed E-state index contributed by atoms with van der Waals surface area (Å²) in [7, 11) is 0. The molecule has 0 unspecified atom stereocenters. The fourth-order valence-electron chi connectivity index (χ4n) is 3.01. The summed E-state index contributed by atoms with van der Waals surface area (Å²) in [5.41, 5.74) is 3.71. The van der Waals surface area contributed by atoms with Crippen LogP contribution in [-0.2, 0) is 0 Å². The molecule has 0 bridgehead atoms. The quantitative estimate of drug-likeness (QED) is 0.911. The maximum atomic E-state index is 12.2. The van der Waals surface area contributed by atoms with Crippen molar-refractivity contribution in [2.24, 2.45) is 0 Å². The largest absolute Gasteiger partial charge is 0.306 e. The van der Waals surface area contributed by atoms with Gasteiger partial charge in [0.05, 0.1) is 5.69 Å². The highest BCUT2D eigenvalue weighted by Gasteiger charge is 2.22. The first kappa shape index (κ1) is 13.0. The molecular formula is C16H19N3O. The van der Waals surface area contributed by atoms with Gasteiger partial charge >= 0.3 is 0 Å². The number of aromatic amines is 1. The molecule has 1 N–H and O–H groups in total. The fourth-order valence-corrected chi connectivity index (χ4v) is 3.01. The summed E-state index contributed by atoms with van der Waals surface area (Å²) in [6, 6.07) is 1.90. The molecule has 2 aromatic rings. The van der Waals surface area contributed by atoms with Crippen molar-refractivity contribution in [3.8, 4) is 11.4 Å². The number of hydrogen-bond acceptors (Lipinski definition) is 3. The Hall–Kier alpha value is -1.97. The molecule has 1 fully saturated rings. The highest BCUT2D eigenvalue weighted by Crippen LogP contribution is 2.34. The number of nitrogens with one attached hydrogen (secondary N) is 1. The summed E-state index contributed by atoms with van der Waals surface area (Å²) in [6.07, 6.45) is 8.30. The summed E-state index contributed by atoms with van der Waals surface area (Å²) in [6.45, 7) is 3.86. The van der Waals surface area contributed by atoms with Crippen LogP contribution >= 0.6 is 0 Å². The summed E-state index contributed by atoms with van der Waals surface area (Å²) in [5.74, 6) is 1.11. The van der Waals surface area contributed by atoms with Crippen LogP contribution in [0.15, 0.2) is 23.3 Å². The van der Waals surface area contributed by atoms with Crippen molar-refractivity contribution in [1.29, 1.82) is 0 Å². The molecule has 4 heteroatoms. The molecule has 2 aromatic heterocycles. The van der Waals surface area contributed by atoms with E-state index in [1.165, 1.54) is 12.8 Å². The Bertz CT molecular complexity index is 684. The lowest BCUT2D eigenvalue weighted by atomic mass is 9.99. The van der Waals surface area contributed by atoms with E-state index in [2.05, 4.69) is 9.97 Å². The molecule has 0 aromatic carbocycles. The Balaban J connectivity index is 2.14. The van der Waals surface area contributed by atoms with Gasteiger partial charge in [0.15, 0.2) is 0 Å². The van der Waals surface area contributed by atoms with Crippen LogP contribution in [0, 0.1) is 13.8 Å². The van der Waals surface area contributed by atoms with Gasteiger partial charge in [0, 0.05) is 29.4 Å². The molecule has 104 valence electrons. The van der Waals surface area contributed by atoms with Gasteiger partial charge in [-0.2, -0.15) is 0 Å². The Morgan fingerprint density at radius 2 is 2.00 bits per heavy atom. The van der Waals surface area contributed by atoms with Crippen molar-refractivity contribution in [2.75, 3.05) is 0 Å². The SMILES string of the molecule is Cc1cnccc1-c1nc(C2CCCC2)c(C)c(=O)[nH]1. The van der Waals surface area contributed by atoms with E-state index in [0.717, 1.165) is 35.2 Å². The smallest absolute Gasteiger partial charge is 0.254 e. The molecule has 1 aliphatic carbocycles. The molecule has 2 heterocycles. The molecule has 1 saturated carbocycles. The normalized spacial score (nSPS) is 15.7. The van der Waals surface area contributed by atoms with Gasteiger partial charge < -0.3 is 4.98 Å². The molecule has 0 saturated heterocycles. The molecule has 0 aliphatic heterocycles. The van der Waals surface area contributed by atoms with Crippen molar-refractivity contribution >= 4 is 0 Å². The van der Waals surface area contributed by atoms with E-state index in [0.29, 0.717) is 11.7 Å². The van der Waals surface area contributed by atoms with E-state index in [-0.39, 0.29) is 5.56 Å². The zero-order valence-corrected chi connectivity index (χ0v) is 11.9. The first-order valence-electron chi connectivity index (χ1n) is 7.18. The van der Waals surface area contributed by atoms with Gasteiger partial charge in [-0.15, -0.1) is 0 Å². The van der Waals surface area contributed by atoms with Gasteiger partial charge in [-0.1, -0.05) is 12.8 Å². The predicted molar refractivity (Wildman–Crippen MR) is 78.8 cm³/mol. The van der Waals surface area contributed by atoms with Gasteiger partial charge in [0.25, 0.3) is 5.56 Å². The zero-order valence-electron chi connectivity index (χ0n) is 11.9. The van der Waals surface area contributed by atoms with Crippen molar-refractivity contribution in [2.45, 2.75) is 45.4 Å². The molecule has 0 spiro atoms. The van der Waals surface area contributed by atoms with Crippen LogP contribution in [0.5, 0.6) is 0 Å². The minimum absolute atomic E-state index is 0.0203. The number of hydrogen-bond donors (Lipinski definition) is 1. The highest BCUT2D eigenvalue weighted by atomic mass is 16.1. The summed E-state index contributed by atoms with van der Waals surface area (Å²) in [5, 5.41) is 0. The van der Waals surface area contributed by atoms with E-state index in [1.54, 1.807) is 12.4 Å². The maximum Gasteiger partial charge on any atom is 0.254 e. The molecule has 1 aliphatic rings. The zero-order chi connectivity index (χ0) is 14.1. The van der Waals surface area contributed by atoms with E-state index in [1.807, 2.05) is 19.9 Å². The Labute approximate surface area is 118 Å². The third-order valence-electron chi connectivity index (χ3n) is 4.21. The number of pyridine rings is 1. The third-order valence-corrected chi connectivity index (χ3v) is 4.21. The molecule has 20 heavy (non-hydrogen) atoms. The van der Waals surface area contributed by atoms with Gasteiger partial charge in [-0.05, 0) is 38.3 Å². The molecule has 4 nitrogen and oxygen atoms in total. The Kier molecular flexibility index (Phi) is 3.38. The second-order valence-corrected chi connectivity index (χ2v) is 5.60. The first-order valence-corrected chi connectivity index (χ1v) is 7.18. The van der Waals surface area contributed by atoms with Crippen LogP contribution in [0.4, 0.5) is 0 Å². The van der Waals surface area contributed by atoms with Crippen molar-refractivity contribution < 1.29 is 0 Å². The number of rotatable bonds is 2. The minimum Gasteiger partial charge on any atom is -0.306 e. The standard InChI is InChI=1S/C16H19N3O/c1-10-9-17-8-7-13(10)15-18-14(11(2)16(20)19-15)12-5-3-4-6-12/h7-9,12H,3-6H2,1-2H3,(H,18,19,20). The fraction of sp³-hybridized carbons (Fsp3) is 0.438. The number of nitrogens with zero attached hydrogens (tertiary/aromatic N) is 2. The van der Waals surface area contributed by atoms with Crippen LogP contribution in [0.2, 0.25) is 0 Å². The number of aryl methyl sites for hydroxylation is 1. The highest BCUT2D eigenvalue weighted by molar-refractivity contribution is 5.59. The van der Waals surface area contributed by atoms with Gasteiger partial charge in [-0.25, -0.2) is 4.98 Å². The maximum absolute atomic E-state index is 12.2. The second-order valence-electron chi connectivity index (χ2n) is 5.60. The van der Waals surface area contributed by atoms with Gasteiger partial charge in [-0.3, -0.25) is 9.78 Å². The molecular weight excluding hydrogens is 250 g/mol. The van der Waals surface area contributed by atoms with E-state index < -0.39 is 0 Å². The molecule has 0 atom stereocenters. The van der Waals surface area contributed by atoms with Crippen LogP contribution < -0.4 is 5.56 Å². The van der Waals surface area contributed by atoms with Crippen LogP contribution in [0.1, 0.15) is 48.4 Å². The Morgan fingerprint density at radius 3 is 2.70 bits per heavy atom. The van der Waals surface area contributed by atoms with Crippen LogP contribution in [0.3, 0.4) is 0 Å². The van der Waals surface area contributed by atoms with Crippen LogP contribution in [-0.4, -0.2) is 15.0 Å². The third kappa shape index (κ3) is 2.26.